The molecular formula is C31H39FN4O3. The average molecular weight is 535 g/mol. The van der Waals surface area contributed by atoms with Crippen molar-refractivity contribution in [3.63, 3.8) is 0 Å². The number of nitrogens with zero attached hydrogens (tertiary/aromatic N) is 3. The molecule has 1 aromatic heterocycles. The van der Waals surface area contributed by atoms with Gasteiger partial charge < -0.3 is 14.7 Å². The first kappa shape index (κ1) is 27.5. The van der Waals surface area contributed by atoms with Crippen LogP contribution in [0.1, 0.15) is 81.3 Å². The van der Waals surface area contributed by atoms with Crippen LogP contribution in [-0.4, -0.2) is 49.9 Å². The highest BCUT2D eigenvalue weighted by molar-refractivity contribution is 5.95. The van der Waals surface area contributed by atoms with E-state index in [0.717, 1.165) is 69.2 Å². The molecule has 1 aliphatic heterocycles. The van der Waals surface area contributed by atoms with Gasteiger partial charge in [-0.05, 0) is 114 Å². The lowest BCUT2D eigenvalue weighted by Gasteiger charge is -2.37. The molecule has 3 aromatic rings. The van der Waals surface area contributed by atoms with Gasteiger partial charge in [0.2, 0.25) is 5.62 Å². The molecule has 0 atom stereocenters. The SMILES string of the molecule is CC(=O)C1CCC(n2/c(=N\C(=O)c3cccc(F)c3)[nH]c3ccc(CN4CCC(C(C)(C)O)CC4)cc32)CC1. The maximum Gasteiger partial charge on any atom is 0.280 e. The molecule has 1 saturated carbocycles. The van der Waals surface area contributed by atoms with Crippen molar-refractivity contribution in [3.05, 3.63) is 65.0 Å². The van der Waals surface area contributed by atoms with E-state index < -0.39 is 17.3 Å². The highest BCUT2D eigenvalue weighted by atomic mass is 19.1. The Morgan fingerprint density at radius 1 is 1.05 bits per heavy atom. The topological polar surface area (TPSA) is 90.7 Å². The predicted octanol–water partition coefficient (Wildman–Crippen LogP) is 5.15. The zero-order valence-electron chi connectivity index (χ0n) is 23.1. The van der Waals surface area contributed by atoms with Crippen molar-refractivity contribution in [2.24, 2.45) is 16.8 Å². The third-order valence-electron chi connectivity index (χ3n) is 8.70. The number of carbonyl (C=O) groups is 2. The van der Waals surface area contributed by atoms with Gasteiger partial charge in [0.1, 0.15) is 11.6 Å². The van der Waals surface area contributed by atoms with E-state index in [9.17, 15) is 19.1 Å². The van der Waals surface area contributed by atoms with E-state index in [2.05, 4.69) is 31.6 Å². The number of fused-ring (bicyclic) bond motifs is 1. The number of amides is 1. The van der Waals surface area contributed by atoms with Crippen LogP contribution in [0.5, 0.6) is 0 Å². The number of hydrogen-bond donors (Lipinski definition) is 2. The molecule has 0 unspecified atom stereocenters. The Balaban J connectivity index is 1.46. The predicted molar refractivity (Wildman–Crippen MR) is 149 cm³/mol. The minimum atomic E-state index is -0.647. The standard InChI is InChI=1S/C31H39FN4O3/c1-20(37)22-8-10-26(11-9-22)36-28-17-21(19-35-15-13-24(14-16-35)31(2,3)39)7-12-27(28)33-30(36)34-29(38)23-5-4-6-25(32)18-23/h4-7,12,17-18,22,24,26,39H,8-11,13-16,19H2,1-3H3,(H,33,34,38). The second-order valence-electron chi connectivity index (χ2n) is 11.9. The lowest BCUT2D eigenvalue weighted by Crippen LogP contribution is -2.41. The van der Waals surface area contributed by atoms with Crippen molar-refractivity contribution in [2.75, 3.05) is 13.1 Å². The maximum absolute atomic E-state index is 13.8. The van der Waals surface area contributed by atoms with Gasteiger partial charge in [-0.15, -0.1) is 0 Å². The van der Waals surface area contributed by atoms with Gasteiger partial charge in [-0.25, -0.2) is 4.39 Å². The molecule has 2 N–H and O–H groups in total. The highest BCUT2D eigenvalue weighted by Gasteiger charge is 2.31. The third-order valence-corrected chi connectivity index (χ3v) is 8.70. The molecule has 0 spiro atoms. The minimum Gasteiger partial charge on any atom is -0.390 e. The number of H-pyrrole nitrogens is 1. The maximum atomic E-state index is 13.8. The minimum absolute atomic E-state index is 0.0868. The van der Waals surface area contributed by atoms with Crippen LogP contribution in [0.3, 0.4) is 0 Å². The molecule has 0 radical (unpaired) electrons. The monoisotopic (exact) mass is 534 g/mol. The number of piperidine rings is 1. The van der Waals surface area contributed by atoms with Crippen molar-refractivity contribution >= 4 is 22.7 Å². The number of aromatic nitrogens is 2. The number of Topliss-reactive ketones (excluding diaryl/α,β-unsaturated/α-hetero) is 1. The number of imidazole rings is 1. The van der Waals surface area contributed by atoms with Crippen LogP contribution in [0.4, 0.5) is 4.39 Å². The second kappa shape index (κ2) is 11.2. The summed E-state index contributed by atoms with van der Waals surface area (Å²) in [5, 5.41) is 10.4. The van der Waals surface area contributed by atoms with Crippen LogP contribution in [0.25, 0.3) is 11.0 Å². The van der Waals surface area contributed by atoms with Crippen molar-refractivity contribution in [2.45, 2.75) is 77.5 Å². The summed E-state index contributed by atoms with van der Waals surface area (Å²) in [4.78, 5) is 35.2. The molecule has 208 valence electrons. The third kappa shape index (κ3) is 6.23. The van der Waals surface area contributed by atoms with E-state index in [1.54, 1.807) is 13.0 Å². The smallest absolute Gasteiger partial charge is 0.280 e. The van der Waals surface area contributed by atoms with Gasteiger partial charge in [-0.2, -0.15) is 4.99 Å². The molecule has 1 amide bonds. The molecule has 1 saturated heterocycles. The van der Waals surface area contributed by atoms with Gasteiger partial charge in [0.15, 0.2) is 0 Å². The number of ketones is 1. The summed E-state index contributed by atoms with van der Waals surface area (Å²) < 4.78 is 15.9. The number of halogens is 1. The molecule has 39 heavy (non-hydrogen) atoms. The molecular weight excluding hydrogens is 495 g/mol. The lowest BCUT2D eigenvalue weighted by molar-refractivity contribution is -0.121. The van der Waals surface area contributed by atoms with Crippen molar-refractivity contribution < 1.29 is 19.1 Å². The van der Waals surface area contributed by atoms with Gasteiger partial charge >= 0.3 is 0 Å². The first-order chi connectivity index (χ1) is 18.6. The van der Waals surface area contributed by atoms with Crippen LogP contribution in [-0.2, 0) is 11.3 Å². The van der Waals surface area contributed by atoms with Gasteiger partial charge in [0.25, 0.3) is 5.91 Å². The summed E-state index contributed by atoms with van der Waals surface area (Å²) in [6, 6.07) is 12.0. The van der Waals surface area contributed by atoms with Gasteiger partial charge in [-0.3, -0.25) is 14.5 Å². The van der Waals surface area contributed by atoms with E-state index in [1.165, 1.54) is 23.8 Å². The largest absolute Gasteiger partial charge is 0.390 e. The Bertz CT molecular complexity index is 1420. The van der Waals surface area contributed by atoms with E-state index in [4.69, 9.17) is 0 Å². The van der Waals surface area contributed by atoms with Crippen molar-refractivity contribution in [1.29, 1.82) is 0 Å². The number of nitrogens with one attached hydrogen (secondary N) is 1. The van der Waals surface area contributed by atoms with Crippen LogP contribution in [0, 0.1) is 17.7 Å². The molecule has 2 heterocycles. The number of hydrogen-bond acceptors (Lipinski definition) is 4. The first-order valence-corrected chi connectivity index (χ1v) is 14.1. The number of aromatic amines is 1. The van der Waals surface area contributed by atoms with E-state index in [-0.39, 0.29) is 23.3 Å². The molecule has 5 rings (SSSR count). The normalized spacial score (nSPS) is 21.9. The Morgan fingerprint density at radius 3 is 2.41 bits per heavy atom. The number of benzene rings is 2. The Hall–Kier alpha value is -3.10. The summed E-state index contributed by atoms with van der Waals surface area (Å²) in [6.45, 7) is 8.16. The fourth-order valence-electron chi connectivity index (χ4n) is 6.31. The van der Waals surface area contributed by atoms with E-state index >= 15 is 0 Å². The molecule has 2 fully saturated rings. The summed E-state index contributed by atoms with van der Waals surface area (Å²) >= 11 is 0. The van der Waals surface area contributed by atoms with Crippen LogP contribution >= 0.6 is 0 Å². The molecule has 0 bridgehead atoms. The Labute approximate surface area is 228 Å². The molecule has 8 heteroatoms. The second-order valence-corrected chi connectivity index (χ2v) is 11.9. The van der Waals surface area contributed by atoms with E-state index in [1.807, 2.05) is 19.9 Å². The number of rotatable bonds is 6. The Morgan fingerprint density at radius 2 is 1.77 bits per heavy atom. The number of aliphatic hydroxyl groups is 1. The molecule has 2 aliphatic rings. The van der Waals surface area contributed by atoms with Gasteiger partial charge in [0.05, 0.1) is 16.6 Å². The van der Waals surface area contributed by atoms with Crippen molar-refractivity contribution in [1.82, 2.24) is 14.5 Å². The molecule has 7 nitrogen and oxygen atoms in total. The van der Waals surface area contributed by atoms with Crippen LogP contribution in [0.2, 0.25) is 0 Å². The summed E-state index contributed by atoms with van der Waals surface area (Å²) in [5.41, 5.74) is 3.06. The van der Waals surface area contributed by atoms with E-state index in [0.29, 0.717) is 11.5 Å². The van der Waals surface area contributed by atoms with Gasteiger partial charge in [-0.1, -0.05) is 12.1 Å². The zero-order chi connectivity index (χ0) is 27.7. The number of carbonyl (C=O) groups excluding carboxylic acids is 2. The molecule has 1 aliphatic carbocycles. The quantitative estimate of drug-likeness (QED) is 0.458. The fourth-order valence-corrected chi connectivity index (χ4v) is 6.31. The summed E-state index contributed by atoms with van der Waals surface area (Å²) in [6.07, 6.45) is 5.22. The molecule has 2 aromatic carbocycles. The van der Waals surface area contributed by atoms with Gasteiger partial charge in [0, 0.05) is 24.1 Å². The van der Waals surface area contributed by atoms with Crippen LogP contribution in [0.15, 0.2) is 47.5 Å². The summed E-state index contributed by atoms with van der Waals surface area (Å²) in [7, 11) is 0. The summed E-state index contributed by atoms with van der Waals surface area (Å²) in [5.74, 6) is -0.336. The van der Waals surface area contributed by atoms with Crippen LogP contribution < -0.4 is 5.62 Å². The van der Waals surface area contributed by atoms with Crippen molar-refractivity contribution in [3.8, 4) is 0 Å². The highest BCUT2D eigenvalue weighted by Crippen LogP contribution is 2.34. The lowest BCUT2D eigenvalue weighted by atomic mass is 9.83. The fraction of sp³-hybridized carbons (Fsp3) is 0.516. The number of likely N-dealkylation sites (tertiary alicyclic amines) is 1. The first-order valence-electron chi connectivity index (χ1n) is 14.1. The average Bonchev–Trinajstić information content (AvgIpc) is 3.25. The zero-order valence-corrected chi connectivity index (χ0v) is 23.1. The Kier molecular flexibility index (Phi) is 7.87.